The van der Waals surface area contributed by atoms with Crippen LogP contribution >= 0.6 is 15.9 Å². The molecular formula is C14H18BrNO3. The molecule has 1 saturated carbocycles. The molecule has 1 aromatic carbocycles. The fourth-order valence-electron chi connectivity index (χ4n) is 2.10. The monoisotopic (exact) mass is 327 g/mol. The van der Waals surface area contributed by atoms with Crippen LogP contribution in [0.1, 0.15) is 25.7 Å². The third-order valence-electron chi connectivity index (χ3n) is 3.41. The summed E-state index contributed by atoms with van der Waals surface area (Å²) in [7, 11) is 0. The van der Waals surface area contributed by atoms with E-state index in [0.29, 0.717) is 13.0 Å². The smallest absolute Gasteiger partial charge is 0.223 e. The fraction of sp³-hybridized carbons (Fsp3) is 0.500. The lowest BCUT2D eigenvalue weighted by molar-refractivity contribution is -0.125. The maximum Gasteiger partial charge on any atom is 0.223 e. The molecule has 0 bridgehead atoms. The van der Waals surface area contributed by atoms with Crippen LogP contribution in [0, 0.1) is 0 Å². The molecular weight excluding hydrogens is 310 g/mol. The number of nitrogens with one attached hydrogen (secondary N) is 1. The van der Waals surface area contributed by atoms with Gasteiger partial charge in [-0.1, -0.05) is 22.0 Å². The summed E-state index contributed by atoms with van der Waals surface area (Å²) in [6.07, 6.45) is 3.09. The van der Waals surface area contributed by atoms with Gasteiger partial charge in [0.2, 0.25) is 5.91 Å². The number of carbonyl (C=O) groups excluding carboxylic acids is 1. The summed E-state index contributed by atoms with van der Waals surface area (Å²) in [5, 5.41) is 12.2. The summed E-state index contributed by atoms with van der Waals surface area (Å²) in [4.78, 5) is 11.8. The van der Waals surface area contributed by atoms with Crippen LogP contribution in [-0.4, -0.2) is 29.8 Å². The molecule has 19 heavy (non-hydrogen) atoms. The number of benzene rings is 1. The van der Waals surface area contributed by atoms with Gasteiger partial charge in [0.15, 0.2) is 0 Å². The second-order valence-corrected chi connectivity index (χ2v) is 5.81. The van der Waals surface area contributed by atoms with E-state index in [2.05, 4.69) is 21.2 Å². The summed E-state index contributed by atoms with van der Waals surface area (Å²) in [5.41, 5.74) is -0.368. The largest absolute Gasteiger partial charge is 0.493 e. The Bertz CT molecular complexity index is 441. The summed E-state index contributed by atoms with van der Waals surface area (Å²) in [6, 6.07) is 7.51. The van der Waals surface area contributed by atoms with Crippen molar-refractivity contribution in [3.05, 3.63) is 28.7 Å². The van der Waals surface area contributed by atoms with Crippen LogP contribution < -0.4 is 10.1 Å². The van der Waals surface area contributed by atoms with E-state index in [0.717, 1.165) is 29.5 Å². The van der Waals surface area contributed by atoms with Gasteiger partial charge in [0.05, 0.1) is 25.2 Å². The van der Waals surface area contributed by atoms with Gasteiger partial charge in [-0.2, -0.15) is 0 Å². The Morgan fingerprint density at radius 1 is 1.47 bits per heavy atom. The number of carbonyl (C=O) groups is 1. The van der Waals surface area contributed by atoms with E-state index in [1.165, 1.54) is 0 Å². The number of halogens is 1. The molecule has 1 aliphatic rings. The molecule has 1 amide bonds. The molecule has 0 spiro atoms. The van der Waals surface area contributed by atoms with Crippen LogP contribution in [0.15, 0.2) is 28.7 Å². The molecule has 4 nitrogen and oxygen atoms in total. The molecule has 0 saturated heterocycles. The van der Waals surface area contributed by atoms with E-state index in [1.54, 1.807) is 0 Å². The number of hydrogen-bond donors (Lipinski definition) is 2. The number of rotatable bonds is 6. The zero-order valence-corrected chi connectivity index (χ0v) is 12.3. The van der Waals surface area contributed by atoms with E-state index in [4.69, 9.17) is 4.74 Å². The lowest BCUT2D eigenvalue weighted by atomic mass is 9.77. The lowest BCUT2D eigenvalue weighted by Crippen LogP contribution is -2.56. The Morgan fingerprint density at radius 2 is 2.26 bits per heavy atom. The van der Waals surface area contributed by atoms with E-state index < -0.39 is 0 Å². The molecule has 0 unspecified atom stereocenters. The van der Waals surface area contributed by atoms with Crippen LogP contribution in [0.5, 0.6) is 5.75 Å². The molecule has 5 heteroatoms. The average Bonchev–Trinajstić information content (AvgIpc) is 2.34. The van der Waals surface area contributed by atoms with Crippen LogP contribution in [0.2, 0.25) is 0 Å². The minimum atomic E-state index is -0.368. The summed E-state index contributed by atoms with van der Waals surface area (Å²) < 4.78 is 6.45. The predicted molar refractivity (Wildman–Crippen MR) is 76.1 cm³/mol. The zero-order valence-electron chi connectivity index (χ0n) is 10.7. The summed E-state index contributed by atoms with van der Waals surface area (Å²) in [6.45, 7) is 0.356. The van der Waals surface area contributed by atoms with Crippen molar-refractivity contribution < 1.29 is 14.6 Å². The van der Waals surface area contributed by atoms with Gasteiger partial charge >= 0.3 is 0 Å². The number of amides is 1. The maximum absolute atomic E-state index is 11.8. The van der Waals surface area contributed by atoms with Crippen molar-refractivity contribution in [3.8, 4) is 5.75 Å². The van der Waals surface area contributed by atoms with E-state index in [9.17, 15) is 9.90 Å². The highest BCUT2D eigenvalue weighted by Gasteiger charge is 2.37. The highest BCUT2D eigenvalue weighted by atomic mass is 79.9. The fourth-order valence-corrected chi connectivity index (χ4v) is 2.48. The van der Waals surface area contributed by atoms with Gasteiger partial charge in [-0.25, -0.2) is 0 Å². The highest BCUT2D eigenvalue weighted by Crippen LogP contribution is 2.31. The van der Waals surface area contributed by atoms with Crippen molar-refractivity contribution in [1.82, 2.24) is 5.32 Å². The molecule has 0 aromatic heterocycles. The van der Waals surface area contributed by atoms with E-state index in [1.807, 2.05) is 24.3 Å². The Morgan fingerprint density at radius 3 is 2.84 bits per heavy atom. The van der Waals surface area contributed by atoms with Crippen LogP contribution in [0.4, 0.5) is 0 Å². The van der Waals surface area contributed by atoms with Gasteiger partial charge in [-0.05, 0) is 37.5 Å². The van der Waals surface area contributed by atoms with Gasteiger partial charge in [0.1, 0.15) is 5.75 Å². The predicted octanol–water partition coefficient (Wildman–Crippen LogP) is 2.25. The number of ether oxygens (including phenoxy) is 1. The van der Waals surface area contributed by atoms with Crippen molar-refractivity contribution >= 4 is 21.8 Å². The standard InChI is InChI=1S/C14H18BrNO3/c15-11-3-1-4-12(9-11)19-8-5-13(18)16-14(10-17)6-2-7-14/h1,3-4,9,17H,2,5-8,10H2,(H,16,18). The third-order valence-corrected chi connectivity index (χ3v) is 3.91. The van der Waals surface area contributed by atoms with Crippen LogP contribution in [0.25, 0.3) is 0 Å². The average molecular weight is 328 g/mol. The third kappa shape index (κ3) is 3.94. The number of aliphatic hydroxyl groups is 1. The topological polar surface area (TPSA) is 58.6 Å². The van der Waals surface area contributed by atoms with Gasteiger partial charge in [0.25, 0.3) is 0 Å². The molecule has 1 fully saturated rings. The molecule has 1 aliphatic carbocycles. The SMILES string of the molecule is O=C(CCOc1cccc(Br)c1)NC1(CO)CCC1. The zero-order chi connectivity index (χ0) is 13.7. The first-order chi connectivity index (χ1) is 9.13. The Kier molecular flexibility index (Phi) is 4.82. The number of hydrogen-bond acceptors (Lipinski definition) is 3. The van der Waals surface area contributed by atoms with Crippen molar-refractivity contribution in [3.63, 3.8) is 0 Å². The summed E-state index contributed by atoms with van der Waals surface area (Å²) in [5.74, 6) is 0.673. The minimum Gasteiger partial charge on any atom is -0.493 e. The van der Waals surface area contributed by atoms with E-state index >= 15 is 0 Å². The van der Waals surface area contributed by atoms with Gasteiger partial charge in [-0.3, -0.25) is 4.79 Å². The molecule has 2 rings (SSSR count). The Balaban J connectivity index is 1.72. The Hall–Kier alpha value is -1.07. The van der Waals surface area contributed by atoms with Gasteiger partial charge in [-0.15, -0.1) is 0 Å². The number of aliphatic hydroxyl groups excluding tert-OH is 1. The van der Waals surface area contributed by atoms with Gasteiger partial charge in [0, 0.05) is 4.47 Å². The molecule has 0 atom stereocenters. The first-order valence-electron chi connectivity index (χ1n) is 6.44. The lowest BCUT2D eigenvalue weighted by Gasteiger charge is -2.40. The first-order valence-corrected chi connectivity index (χ1v) is 7.23. The van der Waals surface area contributed by atoms with Crippen molar-refractivity contribution in [2.24, 2.45) is 0 Å². The van der Waals surface area contributed by atoms with Crippen LogP contribution in [-0.2, 0) is 4.79 Å². The molecule has 2 N–H and O–H groups in total. The summed E-state index contributed by atoms with van der Waals surface area (Å²) >= 11 is 3.36. The maximum atomic E-state index is 11.8. The Labute approximate surface area is 121 Å². The van der Waals surface area contributed by atoms with Crippen molar-refractivity contribution in [2.45, 2.75) is 31.2 Å². The normalized spacial score (nSPS) is 16.5. The van der Waals surface area contributed by atoms with Crippen molar-refractivity contribution in [1.29, 1.82) is 0 Å². The second kappa shape index (κ2) is 6.39. The highest BCUT2D eigenvalue weighted by molar-refractivity contribution is 9.10. The van der Waals surface area contributed by atoms with Crippen LogP contribution in [0.3, 0.4) is 0 Å². The quantitative estimate of drug-likeness (QED) is 0.842. The first kappa shape index (κ1) is 14.3. The molecule has 0 heterocycles. The molecule has 0 radical (unpaired) electrons. The van der Waals surface area contributed by atoms with Gasteiger partial charge < -0.3 is 15.2 Å². The molecule has 0 aliphatic heterocycles. The second-order valence-electron chi connectivity index (χ2n) is 4.90. The minimum absolute atomic E-state index is 0.0191. The van der Waals surface area contributed by atoms with Crippen molar-refractivity contribution in [2.75, 3.05) is 13.2 Å². The molecule has 1 aromatic rings. The molecule has 104 valence electrons. The van der Waals surface area contributed by atoms with E-state index in [-0.39, 0.29) is 18.1 Å².